The smallest absolute Gasteiger partial charge is 0.366 e. The molecule has 24 nitrogen and oxygen atoms in total. The molecule has 2 aliphatic rings. The summed E-state index contributed by atoms with van der Waals surface area (Å²) in [4.78, 5) is 108. The molecule has 5 rings (SSSR count). The van der Waals surface area contributed by atoms with E-state index in [9.17, 15) is 43.5 Å². The Labute approximate surface area is 314 Å². The number of esters is 3. The molecule has 0 spiro atoms. The second kappa shape index (κ2) is 16.5. The fourth-order valence-electron chi connectivity index (χ4n) is 4.98. The predicted octanol–water partition coefficient (Wildman–Crippen LogP) is -0.556. The van der Waals surface area contributed by atoms with Crippen LogP contribution in [-0.2, 0) is 44.9 Å². The molecular weight excluding hydrogens is 779 g/mol. The summed E-state index contributed by atoms with van der Waals surface area (Å²) in [5.41, 5.74) is 4.41. The van der Waals surface area contributed by atoms with E-state index in [1.165, 1.54) is 0 Å². The second-order valence-corrected chi connectivity index (χ2v) is 12.9. The van der Waals surface area contributed by atoms with E-state index in [1.807, 2.05) is 0 Å². The number of carbonyl (C=O) groups is 8. The maximum absolute atomic E-state index is 13.4. The van der Waals surface area contributed by atoms with E-state index < -0.39 is 94.4 Å². The molecule has 1 aromatic carbocycles. The highest BCUT2D eigenvalue weighted by atomic mass is 32.2. The van der Waals surface area contributed by atoms with E-state index in [0.717, 1.165) is 66.2 Å². The molecular formula is C29H25N9O15S2. The van der Waals surface area contributed by atoms with Crippen LogP contribution in [0.15, 0.2) is 38.3 Å². The van der Waals surface area contributed by atoms with Gasteiger partial charge in [-0.05, 0) is 16.0 Å². The Balaban J connectivity index is 1.33. The number of nitrogen functional groups attached to an aromatic ring is 1. The average molecular weight is 804 g/mol. The number of nitrogens with one attached hydrogen (secondary N) is 1. The highest BCUT2D eigenvalue weighted by molar-refractivity contribution is 8.01. The molecule has 2 aliphatic heterocycles. The third kappa shape index (κ3) is 8.87. The number of carboxylic acids is 2. The van der Waals surface area contributed by atoms with Crippen LogP contribution in [0, 0.1) is 0 Å². The number of tetrazole rings is 1. The fourth-order valence-corrected chi connectivity index (χ4v) is 7.34. The van der Waals surface area contributed by atoms with Gasteiger partial charge in [0.2, 0.25) is 10.9 Å². The minimum atomic E-state index is -1.42. The Morgan fingerprint density at radius 1 is 1.09 bits per heavy atom. The van der Waals surface area contributed by atoms with Crippen LogP contribution in [0.5, 0.6) is 17.2 Å². The van der Waals surface area contributed by atoms with Gasteiger partial charge in [0.05, 0.1) is 11.1 Å². The summed E-state index contributed by atoms with van der Waals surface area (Å²) in [7, 11) is 0. The average Bonchev–Trinajstić information content (AvgIpc) is 3.73. The summed E-state index contributed by atoms with van der Waals surface area (Å²) >= 11 is 2.11. The van der Waals surface area contributed by atoms with E-state index in [2.05, 4.69) is 31.0 Å². The number of anilines is 1. The number of benzene rings is 1. The van der Waals surface area contributed by atoms with E-state index in [4.69, 9.17) is 34.3 Å². The Morgan fingerprint density at radius 3 is 2.40 bits per heavy atom. The van der Waals surface area contributed by atoms with Crippen molar-refractivity contribution >= 4 is 83.4 Å². The van der Waals surface area contributed by atoms with Gasteiger partial charge in [0.25, 0.3) is 17.8 Å². The molecule has 2 amide bonds. The quantitative estimate of drug-likeness (QED) is 0.0302. The minimum absolute atomic E-state index is 0.00313. The molecule has 0 radical (unpaired) electrons. The topological polar surface area (TPSA) is 337 Å². The SMILES string of the molecule is CC(=O)Oc1cc(C(=O)ON=CC(=O)N[C@@H]2C(=O)N3C(C(=O)O)=C(CSc4nnnn4CC(=O)O)CS[C@@H]23)c(-c2coc(N)n2)c(OC(C)=O)c1OC(C)=O. The number of aromatic nitrogens is 5. The number of fused-ring (bicyclic) bond motifs is 1. The first kappa shape index (κ1) is 39.4. The van der Waals surface area contributed by atoms with E-state index in [-0.39, 0.29) is 33.6 Å². The molecule has 3 aromatic rings. The van der Waals surface area contributed by atoms with Crippen molar-refractivity contribution in [2.24, 2.45) is 5.16 Å². The van der Waals surface area contributed by atoms with Crippen molar-refractivity contribution in [2.45, 2.75) is 43.9 Å². The molecule has 1 saturated heterocycles. The number of ether oxygens (including phenoxy) is 3. The first-order valence-corrected chi connectivity index (χ1v) is 17.1. The van der Waals surface area contributed by atoms with Gasteiger partial charge in [-0.1, -0.05) is 16.9 Å². The van der Waals surface area contributed by atoms with Crippen LogP contribution < -0.4 is 25.3 Å². The molecule has 4 heterocycles. The molecule has 26 heteroatoms. The number of carbonyl (C=O) groups excluding carboxylic acids is 6. The van der Waals surface area contributed by atoms with Crippen LogP contribution in [0.3, 0.4) is 0 Å². The summed E-state index contributed by atoms with van der Waals surface area (Å²) < 4.78 is 21.5. The normalized spacial score (nSPS) is 16.2. The van der Waals surface area contributed by atoms with Crippen LogP contribution in [0.4, 0.5) is 6.01 Å². The number of aliphatic carboxylic acids is 2. The number of oxazole rings is 1. The molecule has 2 atom stereocenters. The van der Waals surface area contributed by atoms with Gasteiger partial charge in [-0.2, -0.15) is 4.98 Å². The van der Waals surface area contributed by atoms with Crippen molar-refractivity contribution in [3.63, 3.8) is 0 Å². The lowest BCUT2D eigenvalue weighted by Gasteiger charge is -2.49. The number of nitrogens with zero attached hydrogens (tertiary/aromatic N) is 7. The lowest BCUT2D eigenvalue weighted by molar-refractivity contribution is -0.150. The van der Waals surface area contributed by atoms with Crippen molar-refractivity contribution in [3.05, 3.63) is 29.2 Å². The van der Waals surface area contributed by atoms with Gasteiger partial charge in [0, 0.05) is 38.3 Å². The standard InChI is InChI=1S/C29H25N9O15S2/c1-10(39)50-16-4-14(19(15-7-49-28(30)32-15)23(52-12(3)41)22(16)51-11(2)40)27(48)53-31-5-17(42)33-20-24(45)38-21(26(46)47)13(8-54-25(20)38)9-55-29-34-35-36-37(29)6-18(43)44/h4-5,7,20,25H,6,8-9H2,1-3H3,(H2,30,32)(H,33,42)(H,43,44)(H,46,47)/t20-,25+/m1/s1. The van der Waals surface area contributed by atoms with Gasteiger partial charge in [-0.3, -0.25) is 33.7 Å². The number of nitrogens with two attached hydrogens (primary N) is 1. The summed E-state index contributed by atoms with van der Waals surface area (Å²) in [6.45, 7) is 2.44. The summed E-state index contributed by atoms with van der Waals surface area (Å²) in [5.74, 6) is -10.3. The third-order valence-corrected chi connectivity index (χ3v) is 9.34. The second-order valence-electron chi connectivity index (χ2n) is 10.9. The van der Waals surface area contributed by atoms with Gasteiger partial charge in [0.1, 0.15) is 41.8 Å². The first-order chi connectivity index (χ1) is 26.0. The lowest BCUT2D eigenvalue weighted by Crippen LogP contribution is -2.70. The Kier molecular flexibility index (Phi) is 11.8. The Bertz CT molecular complexity index is 2200. The van der Waals surface area contributed by atoms with Crippen molar-refractivity contribution in [3.8, 4) is 28.5 Å². The Morgan fingerprint density at radius 2 is 1.78 bits per heavy atom. The van der Waals surface area contributed by atoms with Crippen LogP contribution >= 0.6 is 23.5 Å². The summed E-state index contributed by atoms with van der Waals surface area (Å²) in [6.07, 6.45) is 1.45. The van der Waals surface area contributed by atoms with Crippen molar-refractivity contribution in [1.29, 1.82) is 0 Å². The maximum Gasteiger partial charge on any atom is 0.366 e. The van der Waals surface area contributed by atoms with Crippen molar-refractivity contribution in [2.75, 3.05) is 17.2 Å². The number of oxime groups is 1. The number of hydrogen-bond acceptors (Lipinski definition) is 21. The molecule has 1 fully saturated rings. The Hall–Kier alpha value is -6.83. The number of carboxylic acid groups (broad SMARTS) is 2. The van der Waals surface area contributed by atoms with Gasteiger partial charge >= 0.3 is 35.8 Å². The molecule has 55 heavy (non-hydrogen) atoms. The van der Waals surface area contributed by atoms with E-state index in [1.54, 1.807) is 0 Å². The molecule has 0 aliphatic carbocycles. The highest BCUT2D eigenvalue weighted by Gasteiger charge is 2.54. The monoisotopic (exact) mass is 803 g/mol. The molecule has 288 valence electrons. The van der Waals surface area contributed by atoms with Gasteiger partial charge in [-0.25, -0.2) is 14.3 Å². The zero-order chi connectivity index (χ0) is 40.1. The molecule has 0 unspecified atom stereocenters. The number of β-lactam (4-membered cyclic amide) rings is 1. The van der Waals surface area contributed by atoms with Crippen LogP contribution in [0.2, 0.25) is 0 Å². The van der Waals surface area contributed by atoms with Gasteiger partial charge in [0.15, 0.2) is 11.5 Å². The van der Waals surface area contributed by atoms with Gasteiger partial charge in [-0.15, -0.1) is 16.9 Å². The number of amides is 2. The predicted molar refractivity (Wildman–Crippen MR) is 180 cm³/mol. The summed E-state index contributed by atoms with van der Waals surface area (Å²) in [6, 6.07) is -0.722. The minimum Gasteiger partial charge on any atom is -0.480 e. The molecule has 0 saturated carbocycles. The number of thioether (sulfide) groups is 2. The van der Waals surface area contributed by atoms with Gasteiger partial charge < -0.3 is 44.7 Å². The molecule has 0 bridgehead atoms. The van der Waals surface area contributed by atoms with Crippen LogP contribution in [-0.4, -0.2) is 117 Å². The maximum atomic E-state index is 13.4. The van der Waals surface area contributed by atoms with Crippen LogP contribution in [0.25, 0.3) is 11.3 Å². The number of rotatable bonds is 14. The van der Waals surface area contributed by atoms with Crippen molar-refractivity contribution in [1.82, 2.24) is 35.4 Å². The van der Waals surface area contributed by atoms with Crippen molar-refractivity contribution < 1.29 is 72.0 Å². The first-order valence-electron chi connectivity index (χ1n) is 15.1. The fraction of sp³-hybridized carbons (Fsp3) is 0.276. The highest BCUT2D eigenvalue weighted by Crippen LogP contribution is 2.48. The number of hydrogen-bond donors (Lipinski definition) is 4. The van der Waals surface area contributed by atoms with Crippen LogP contribution in [0.1, 0.15) is 31.1 Å². The largest absolute Gasteiger partial charge is 0.480 e. The third-order valence-electron chi connectivity index (χ3n) is 6.96. The zero-order valence-corrected chi connectivity index (χ0v) is 29.9. The lowest BCUT2D eigenvalue weighted by atomic mass is 10.0. The van der Waals surface area contributed by atoms with E-state index in [0.29, 0.717) is 11.8 Å². The molecule has 2 aromatic heterocycles. The molecule has 5 N–H and O–H groups in total. The van der Waals surface area contributed by atoms with E-state index >= 15 is 0 Å². The summed E-state index contributed by atoms with van der Waals surface area (Å²) in [5, 5.41) is 34.7. The zero-order valence-electron chi connectivity index (χ0n) is 28.2.